The van der Waals surface area contributed by atoms with E-state index in [4.69, 9.17) is 11.6 Å². The zero-order chi connectivity index (χ0) is 13.8. The molecule has 0 spiro atoms. The molecule has 0 radical (unpaired) electrons. The summed E-state index contributed by atoms with van der Waals surface area (Å²) in [7, 11) is 0. The Labute approximate surface area is 117 Å². The Morgan fingerprint density at radius 2 is 2.11 bits per heavy atom. The van der Waals surface area contributed by atoms with Crippen molar-refractivity contribution in [2.75, 3.05) is 11.4 Å². The maximum atomic E-state index is 11.8. The van der Waals surface area contributed by atoms with Gasteiger partial charge in [0.25, 0.3) is 0 Å². The molecular weight excluding hydrogens is 266 g/mol. The Morgan fingerprint density at radius 3 is 2.74 bits per heavy atom. The average molecular weight is 282 g/mol. The minimum Gasteiger partial charge on any atom is -0.465 e. The molecule has 1 N–H and O–H groups in total. The molecule has 0 aromatic heterocycles. The lowest BCUT2D eigenvalue weighted by Gasteiger charge is -2.27. The standard InChI is InChI=1S/C14H16ClNO3/c15-11-6-2-3-7-12(11)16(14(18)19)9-10-5-1-4-8-13(10)17/h2-3,6-7,10H,1,4-5,8-9H2,(H,18,19). The summed E-state index contributed by atoms with van der Waals surface area (Å²) < 4.78 is 0. The number of nitrogens with zero attached hydrogens (tertiary/aromatic N) is 1. The van der Waals surface area contributed by atoms with Crippen LogP contribution >= 0.6 is 11.6 Å². The van der Waals surface area contributed by atoms with E-state index in [9.17, 15) is 14.7 Å². The van der Waals surface area contributed by atoms with Crippen LogP contribution in [-0.2, 0) is 4.79 Å². The maximum absolute atomic E-state index is 11.8. The lowest BCUT2D eigenvalue weighted by molar-refractivity contribution is -0.124. The number of amides is 1. The van der Waals surface area contributed by atoms with Crippen molar-refractivity contribution in [1.82, 2.24) is 0 Å². The minimum absolute atomic E-state index is 0.157. The second-order valence-corrected chi connectivity index (χ2v) is 5.16. The topological polar surface area (TPSA) is 57.6 Å². The third-order valence-corrected chi connectivity index (χ3v) is 3.78. The Bertz CT molecular complexity index is 489. The highest BCUT2D eigenvalue weighted by atomic mass is 35.5. The minimum atomic E-state index is -1.08. The van der Waals surface area contributed by atoms with Crippen LogP contribution in [-0.4, -0.2) is 23.5 Å². The first kappa shape index (κ1) is 13.9. The van der Waals surface area contributed by atoms with Gasteiger partial charge in [-0.1, -0.05) is 30.2 Å². The first-order chi connectivity index (χ1) is 9.09. The number of anilines is 1. The van der Waals surface area contributed by atoms with Crippen LogP contribution in [0.1, 0.15) is 25.7 Å². The molecule has 0 bridgehead atoms. The van der Waals surface area contributed by atoms with Crippen molar-refractivity contribution in [1.29, 1.82) is 0 Å². The number of hydrogen-bond acceptors (Lipinski definition) is 2. The summed E-state index contributed by atoms with van der Waals surface area (Å²) >= 11 is 6.03. The van der Waals surface area contributed by atoms with Crippen molar-refractivity contribution in [3.8, 4) is 0 Å². The van der Waals surface area contributed by atoms with Crippen LogP contribution in [0.2, 0.25) is 5.02 Å². The van der Waals surface area contributed by atoms with E-state index >= 15 is 0 Å². The zero-order valence-electron chi connectivity index (χ0n) is 10.5. The van der Waals surface area contributed by atoms with Crippen molar-refractivity contribution in [2.24, 2.45) is 5.92 Å². The first-order valence-corrected chi connectivity index (χ1v) is 6.75. The number of carbonyl (C=O) groups is 2. The molecule has 1 fully saturated rings. The van der Waals surface area contributed by atoms with Crippen molar-refractivity contribution in [3.63, 3.8) is 0 Å². The van der Waals surface area contributed by atoms with Crippen LogP contribution in [0.25, 0.3) is 0 Å². The van der Waals surface area contributed by atoms with Crippen molar-refractivity contribution < 1.29 is 14.7 Å². The van der Waals surface area contributed by atoms with E-state index in [2.05, 4.69) is 0 Å². The summed E-state index contributed by atoms with van der Waals surface area (Å²) in [6, 6.07) is 6.79. The van der Waals surface area contributed by atoms with Crippen molar-refractivity contribution >= 4 is 29.2 Å². The molecule has 4 nitrogen and oxygen atoms in total. The highest BCUT2D eigenvalue weighted by Gasteiger charge is 2.28. The Kier molecular flexibility index (Phi) is 4.43. The summed E-state index contributed by atoms with van der Waals surface area (Å²) in [5.41, 5.74) is 0.440. The molecule has 0 aliphatic heterocycles. The van der Waals surface area contributed by atoms with Gasteiger partial charge in [0, 0.05) is 18.9 Å². The lowest BCUT2D eigenvalue weighted by Crippen LogP contribution is -2.38. The van der Waals surface area contributed by atoms with Crippen LogP contribution in [0.5, 0.6) is 0 Å². The van der Waals surface area contributed by atoms with Gasteiger partial charge in [-0.2, -0.15) is 0 Å². The number of Topliss-reactive ketones (excluding diaryl/α,β-unsaturated/α-hetero) is 1. The van der Waals surface area contributed by atoms with Gasteiger partial charge in [0.15, 0.2) is 0 Å². The van der Waals surface area contributed by atoms with Crippen molar-refractivity contribution in [3.05, 3.63) is 29.3 Å². The lowest BCUT2D eigenvalue weighted by atomic mass is 9.87. The molecule has 1 amide bonds. The largest absolute Gasteiger partial charge is 0.465 e. The molecule has 102 valence electrons. The zero-order valence-corrected chi connectivity index (χ0v) is 11.3. The monoisotopic (exact) mass is 281 g/mol. The normalized spacial score (nSPS) is 19.2. The quantitative estimate of drug-likeness (QED) is 0.921. The fourth-order valence-electron chi connectivity index (χ4n) is 2.42. The van der Waals surface area contributed by atoms with Gasteiger partial charge >= 0.3 is 6.09 Å². The number of benzene rings is 1. The maximum Gasteiger partial charge on any atom is 0.411 e. The molecule has 1 aromatic rings. The first-order valence-electron chi connectivity index (χ1n) is 6.37. The highest BCUT2D eigenvalue weighted by Crippen LogP contribution is 2.28. The van der Waals surface area contributed by atoms with Gasteiger partial charge in [-0.05, 0) is 25.0 Å². The smallest absolute Gasteiger partial charge is 0.411 e. The van der Waals surface area contributed by atoms with Gasteiger partial charge < -0.3 is 5.11 Å². The van der Waals surface area contributed by atoms with Gasteiger partial charge in [0.2, 0.25) is 0 Å². The highest BCUT2D eigenvalue weighted by molar-refractivity contribution is 6.33. The number of carboxylic acid groups (broad SMARTS) is 1. The third-order valence-electron chi connectivity index (χ3n) is 3.46. The van der Waals surface area contributed by atoms with E-state index in [1.165, 1.54) is 4.90 Å². The molecule has 1 aliphatic carbocycles. The summed E-state index contributed by atoms with van der Waals surface area (Å²) in [6.45, 7) is 0.192. The van der Waals surface area contributed by atoms with Crippen LogP contribution in [0.15, 0.2) is 24.3 Å². The fourth-order valence-corrected chi connectivity index (χ4v) is 2.66. The van der Waals surface area contributed by atoms with Gasteiger partial charge in [-0.3, -0.25) is 9.69 Å². The number of halogens is 1. The van der Waals surface area contributed by atoms with Gasteiger partial charge in [-0.15, -0.1) is 0 Å². The molecule has 19 heavy (non-hydrogen) atoms. The number of rotatable bonds is 3. The molecule has 2 rings (SSSR count). The predicted octanol–water partition coefficient (Wildman–Crippen LogP) is 3.58. The van der Waals surface area contributed by atoms with Gasteiger partial charge in [0.1, 0.15) is 5.78 Å². The summed E-state index contributed by atoms with van der Waals surface area (Å²) in [5, 5.41) is 9.71. The van der Waals surface area contributed by atoms with Crippen LogP contribution in [0, 0.1) is 5.92 Å². The molecule has 0 heterocycles. The van der Waals surface area contributed by atoms with Crippen LogP contribution in [0.4, 0.5) is 10.5 Å². The van der Waals surface area contributed by atoms with E-state index in [1.807, 2.05) is 0 Å². The molecule has 1 atom stereocenters. The van der Waals surface area contributed by atoms with E-state index < -0.39 is 6.09 Å². The summed E-state index contributed by atoms with van der Waals surface area (Å²) in [6.07, 6.45) is 2.13. The summed E-state index contributed by atoms with van der Waals surface area (Å²) in [4.78, 5) is 24.4. The Hall–Kier alpha value is -1.55. The fraction of sp³-hybridized carbons (Fsp3) is 0.429. The molecule has 5 heteroatoms. The molecular formula is C14H16ClNO3. The molecule has 1 aliphatic rings. The van der Waals surface area contributed by atoms with Crippen LogP contribution < -0.4 is 4.90 Å². The Balaban J connectivity index is 2.19. The molecule has 1 saturated carbocycles. The molecule has 1 aromatic carbocycles. The predicted molar refractivity (Wildman–Crippen MR) is 73.8 cm³/mol. The molecule has 1 unspecified atom stereocenters. The van der Waals surface area contributed by atoms with Gasteiger partial charge in [-0.25, -0.2) is 4.79 Å². The second kappa shape index (κ2) is 6.06. The number of para-hydroxylation sites is 1. The third kappa shape index (κ3) is 3.26. The Morgan fingerprint density at radius 1 is 1.37 bits per heavy atom. The van der Waals surface area contributed by atoms with Gasteiger partial charge in [0.05, 0.1) is 10.7 Å². The SMILES string of the molecule is O=C1CCCCC1CN(C(=O)O)c1ccccc1Cl. The van der Waals surface area contributed by atoms with Crippen LogP contribution in [0.3, 0.4) is 0 Å². The second-order valence-electron chi connectivity index (χ2n) is 4.75. The number of ketones is 1. The molecule has 0 saturated heterocycles. The van der Waals surface area contributed by atoms with E-state index in [-0.39, 0.29) is 18.2 Å². The van der Waals surface area contributed by atoms with E-state index in [0.717, 1.165) is 19.3 Å². The average Bonchev–Trinajstić information content (AvgIpc) is 2.38. The van der Waals surface area contributed by atoms with E-state index in [1.54, 1.807) is 24.3 Å². The number of hydrogen-bond donors (Lipinski definition) is 1. The van der Waals surface area contributed by atoms with Crippen molar-refractivity contribution in [2.45, 2.75) is 25.7 Å². The number of carbonyl (C=O) groups excluding carboxylic acids is 1. The summed E-state index contributed by atoms with van der Waals surface area (Å²) in [5.74, 6) is -0.0503. The van der Waals surface area contributed by atoms with E-state index in [0.29, 0.717) is 17.1 Å².